The number of carbonyl (C=O) groups is 1. The third kappa shape index (κ3) is 4.93. The lowest BCUT2D eigenvalue weighted by molar-refractivity contribution is -0.130. The summed E-state index contributed by atoms with van der Waals surface area (Å²) in [5, 5.41) is 0. The van der Waals surface area contributed by atoms with Gasteiger partial charge in [0.2, 0.25) is 5.91 Å². The fourth-order valence-electron chi connectivity index (χ4n) is 2.57. The van der Waals surface area contributed by atoms with Gasteiger partial charge in [-0.2, -0.15) is 0 Å². The van der Waals surface area contributed by atoms with Gasteiger partial charge in [0.05, 0.1) is 19.4 Å². The molecule has 5 heteroatoms. The average Bonchev–Trinajstić information content (AvgIpc) is 3.33. The SMILES string of the molecule is CN(CCOCC1CC1)C(=O)Cc1cncn1Cc1ccccc1. The number of carbonyl (C=O) groups excluding carboxylic acids is 1. The van der Waals surface area contributed by atoms with Crippen molar-refractivity contribution in [1.82, 2.24) is 14.5 Å². The molecule has 128 valence electrons. The molecule has 1 heterocycles. The van der Waals surface area contributed by atoms with Crippen molar-refractivity contribution < 1.29 is 9.53 Å². The van der Waals surface area contributed by atoms with Gasteiger partial charge in [-0.25, -0.2) is 4.98 Å². The summed E-state index contributed by atoms with van der Waals surface area (Å²) in [7, 11) is 1.83. The third-order valence-corrected chi connectivity index (χ3v) is 4.37. The molecule has 0 N–H and O–H groups in total. The Balaban J connectivity index is 1.47. The van der Waals surface area contributed by atoms with Crippen LogP contribution in [0.15, 0.2) is 42.9 Å². The molecule has 0 spiro atoms. The molecule has 1 saturated carbocycles. The van der Waals surface area contributed by atoms with Gasteiger partial charge in [0, 0.05) is 38.6 Å². The van der Waals surface area contributed by atoms with Crippen LogP contribution in [0.3, 0.4) is 0 Å². The Hall–Kier alpha value is -2.14. The van der Waals surface area contributed by atoms with Crippen molar-refractivity contribution in [2.75, 3.05) is 26.8 Å². The Morgan fingerprint density at radius 3 is 2.88 bits per heavy atom. The van der Waals surface area contributed by atoms with Crippen molar-refractivity contribution in [3.63, 3.8) is 0 Å². The normalized spacial score (nSPS) is 13.9. The first-order valence-corrected chi connectivity index (χ1v) is 8.57. The smallest absolute Gasteiger partial charge is 0.228 e. The minimum atomic E-state index is 0.0971. The predicted octanol–water partition coefficient (Wildman–Crippen LogP) is 2.36. The zero-order valence-corrected chi connectivity index (χ0v) is 14.2. The van der Waals surface area contributed by atoms with E-state index in [4.69, 9.17) is 4.74 Å². The monoisotopic (exact) mass is 327 g/mol. The van der Waals surface area contributed by atoms with Gasteiger partial charge in [0.15, 0.2) is 0 Å². The molecule has 0 saturated heterocycles. The van der Waals surface area contributed by atoms with Crippen LogP contribution >= 0.6 is 0 Å². The third-order valence-electron chi connectivity index (χ3n) is 4.37. The van der Waals surface area contributed by atoms with Crippen LogP contribution in [-0.2, 0) is 22.5 Å². The zero-order chi connectivity index (χ0) is 16.8. The second kappa shape index (κ2) is 8.11. The van der Waals surface area contributed by atoms with Crippen molar-refractivity contribution in [2.45, 2.75) is 25.8 Å². The number of imidazole rings is 1. The summed E-state index contributed by atoms with van der Waals surface area (Å²) in [6.45, 7) is 2.82. The Morgan fingerprint density at radius 2 is 2.12 bits per heavy atom. The molecule has 3 rings (SSSR count). The number of amides is 1. The van der Waals surface area contributed by atoms with Crippen molar-refractivity contribution >= 4 is 5.91 Å². The van der Waals surface area contributed by atoms with Crippen LogP contribution in [0.25, 0.3) is 0 Å². The Labute approximate surface area is 143 Å². The number of benzene rings is 1. The second-order valence-electron chi connectivity index (χ2n) is 6.51. The first kappa shape index (κ1) is 16.7. The van der Waals surface area contributed by atoms with Gasteiger partial charge < -0.3 is 14.2 Å². The van der Waals surface area contributed by atoms with Gasteiger partial charge in [-0.05, 0) is 24.3 Å². The molecule has 0 aliphatic heterocycles. The zero-order valence-electron chi connectivity index (χ0n) is 14.2. The van der Waals surface area contributed by atoms with Gasteiger partial charge in [0.25, 0.3) is 0 Å². The summed E-state index contributed by atoms with van der Waals surface area (Å²) in [6.07, 6.45) is 6.51. The van der Waals surface area contributed by atoms with E-state index in [0.717, 1.165) is 24.8 Å². The summed E-state index contributed by atoms with van der Waals surface area (Å²) in [5.41, 5.74) is 2.14. The number of rotatable bonds is 9. The summed E-state index contributed by atoms with van der Waals surface area (Å²) < 4.78 is 7.64. The molecule has 5 nitrogen and oxygen atoms in total. The number of likely N-dealkylation sites (N-methyl/N-ethyl adjacent to an activating group) is 1. The summed E-state index contributed by atoms with van der Waals surface area (Å²) >= 11 is 0. The first-order chi connectivity index (χ1) is 11.7. The van der Waals surface area contributed by atoms with Gasteiger partial charge in [-0.15, -0.1) is 0 Å². The van der Waals surface area contributed by atoms with Crippen LogP contribution in [0.2, 0.25) is 0 Å². The average molecular weight is 327 g/mol. The molecule has 1 fully saturated rings. The van der Waals surface area contributed by atoms with E-state index < -0.39 is 0 Å². The van der Waals surface area contributed by atoms with E-state index in [1.54, 1.807) is 17.4 Å². The van der Waals surface area contributed by atoms with Crippen molar-refractivity contribution in [3.8, 4) is 0 Å². The highest BCUT2D eigenvalue weighted by Crippen LogP contribution is 2.28. The van der Waals surface area contributed by atoms with E-state index in [1.165, 1.54) is 18.4 Å². The van der Waals surface area contributed by atoms with Crippen molar-refractivity contribution in [2.24, 2.45) is 5.92 Å². The highest BCUT2D eigenvalue weighted by Gasteiger charge is 2.21. The van der Waals surface area contributed by atoms with Crippen LogP contribution in [0, 0.1) is 5.92 Å². The van der Waals surface area contributed by atoms with Crippen LogP contribution in [0.1, 0.15) is 24.1 Å². The minimum absolute atomic E-state index is 0.0971. The summed E-state index contributed by atoms with van der Waals surface area (Å²) in [5.74, 6) is 0.859. The molecular formula is C19H25N3O2. The van der Waals surface area contributed by atoms with Gasteiger partial charge >= 0.3 is 0 Å². The van der Waals surface area contributed by atoms with E-state index >= 15 is 0 Å². The number of hydrogen-bond acceptors (Lipinski definition) is 3. The maximum atomic E-state index is 12.4. The fourth-order valence-corrected chi connectivity index (χ4v) is 2.57. The molecule has 2 aromatic rings. The molecule has 0 radical (unpaired) electrons. The standard InChI is InChI=1S/C19H25N3O2/c1-21(9-10-24-14-17-7-8-17)19(23)11-18-12-20-15-22(18)13-16-5-3-2-4-6-16/h2-6,12,15,17H,7-11,13-14H2,1H3. The molecule has 24 heavy (non-hydrogen) atoms. The van der Waals surface area contributed by atoms with Crippen LogP contribution < -0.4 is 0 Å². The number of aromatic nitrogens is 2. The lowest BCUT2D eigenvalue weighted by Crippen LogP contribution is -2.32. The second-order valence-corrected chi connectivity index (χ2v) is 6.51. The van der Waals surface area contributed by atoms with Gasteiger partial charge in [-0.1, -0.05) is 30.3 Å². The molecule has 1 amide bonds. The lowest BCUT2D eigenvalue weighted by atomic mass is 10.2. The topological polar surface area (TPSA) is 47.4 Å². The Bertz CT molecular complexity index is 650. The molecule has 1 aromatic carbocycles. The van der Waals surface area contributed by atoms with E-state index in [1.807, 2.05) is 29.8 Å². The van der Waals surface area contributed by atoms with Crippen molar-refractivity contribution in [1.29, 1.82) is 0 Å². The maximum Gasteiger partial charge on any atom is 0.228 e. The maximum absolute atomic E-state index is 12.4. The summed E-state index contributed by atoms with van der Waals surface area (Å²) in [6, 6.07) is 10.2. The molecular weight excluding hydrogens is 302 g/mol. The molecule has 1 aromatic heterocycles. The van der Waals surface area contributed by atoms with Crippen LogP contribution in [0.4, 0.5) is 0 Å². The predicted molar refractivity (Wildman–Crippen MR) is 92.7 cm³/mol. The van der Waals surface area contributed by atoms with E-state index in [-0.39, 0.29) is 5.91 Å². The molecule has 0 unspecified atom stereocenters. The number of hydrogen-bond donors (Lipinski definition) is 0. The number of ether oxygens (including phenoxy) is 1. The highest BCUT2D eigenvalue weighted by molar-refractivity contribution is 5.78. The fraction of sp³-hybridized carbons (Fsp3) is 0.474. The number of nitrogens with zero attached hydrogens (tertiary/aromatic N) is 3. The quantitative estimate of drug-likeness (QED) is 0.664. The molecule has 1 aliphatic rings. The van der Waals surface area contributed by atoms with E-state index in [0.29, 0.717) is 19.6 Å². The first-order valence-electron chi connectivity index (χ1n) is 8.57. The van der Waals surface area contributed by atoms with E-state index in [2.05, 4.69) is 17.1 Å². The molecule has 1 aliphatic carbocycles. The molecule has 0 bridgehead atoms. The van der Waals surface area contributed by atoms with Gasteiger partial charge in [0.1, 0.15) is 0 Å². The van der Waals surface area contributed by atoms with Crippen molar-refractivity contribution in [3.05, 3.63) is 54.1 Å². The highest BCUT2D eigenvalue weighted by atomic mass is 16.5. The molecule has 0 atom stereocenters. The van der Waals surface area contributed by atoms with Crippen LogP contribution in [0.5, 0.6) is 0 Å². The lowest BCUT2D eigenvalue weighted by Gasteiger charge is -2.17. The minimum Gasteiger partial charge on any atom is -0.379 e. The Kier molecular flexibility index (Phi) is 5.64. The summed E-state index contributed by atoms with van der Waals surface area (Å²) in [4.78, 5) is 18.3. The van der Waals surface area contributed by atoms with Crippen LogP contribution in [-0.4, -0.2) is 47.2 Å². The Morgan fingerprint density at radius 1 is 1.33 bits per heavy atom. The van der Waals surface area contributed by atoms with Gasteiger partial charge in [-0.3, -0.25) is 4.79 Å². The van der Waals surface area contributed by atoms with E-state index in [9.17, 15) is 4.79 Å². The largest absolute Gasteiger partial charge is 0.379 e.